The summed E-state index contributed by atoms with van der Waals surface area (Å²) in [4.78, 5) is 0. The molecule has 1 aromatic rings. The Morgan fingerprint density at radius 2 is 2.29 bits per heavy atom. The van der Waals surface area contributed by atoms with E-state index in [1.165, 1.54) is 0 Å². The third-order valence-corrected chi connectivity index (χ3v) is 2.06. The van der Waals surface area contributed by atoms with E-state index in [-0.39, 0.29) is 30.9 Å². The van der Waals surface area contributed by atoms with Crippen LogP contribution in [0.1, 0.15) is 24.9 Å². The molecule has 0 saturated heterocycles. The number of nitrogens with zero attached hydrogens (tertiary/aromatic N) is 2. The quantitative estimate of drug-likeness (QED) is 0.809. The Hall–Kier alpha value is -0.450. The molecule has 4 nitrogen and oxygen atoms in total. The largest absolute Gasteiger partial charge is 0.478 e. The highest BCUT2D eigenvalue weighted by molar-refractivity contribution is 5.85. The Labute approximate surface area is 95.6 Å². The number of hydrogen-bond donors (Lipinski definition) is 1. The molecule has 0 unspecified atom stereocenters. The topological polar surface area (TPSA) is 53.1 Å². The first kappa shape index (κ1) is 13.5. The van der Waals surface area contributed by atoms with Crippen LogP contribution in [0.4, 0.5) is 0 Å². The molecule has 0 aliphatic carbocycles. The zero-order valence-electron chi connectivity index (χ0n) is 7.97. The first-order chi connectivity index (χ1) is 5.79. The standard InChI is InChI=1S/C8H13N3O.2ClH/c1-6(9)7-5-10-11-3-2-4-12-8(7)11;;/h5-6H,2-4,9H2,1H3;2*1H/t6-;;/m1../s1. The fourth-order valence-corrected chi connectivity index (χ4v) is 1.40. The number of fused-ring (bicyclic) bond motifs is 1. The lowest BCUT2D eigenvalue weighted by Crippen LogP contribution is -2.16. The molecule has 6 heteroatoms. The van der Waals surface area contributed by atoms with Crippen LogP contribution in [0.3, 0.4) is 0 Å². The molecular weight excluding hydrogens is 225 g/mol. The van der Waals surface area contributed by atoms with Crippen molar-refractivity contribution in [3.05, 3.63) is 11.8 Å². The van der Waals surface area contributed by atoms with Gasteiger partial charge in [0.05, 0.1) is 18.4 Å². The summed E-state index contributed by atoms with van der Waals surface area (Å²) in [6.45, 7) is 3.67. The molecular formula is C8H15Cl2N3O. The summed E-state index contributed by atoms with van der Waals surface area (Å²) in [6, 6.07) is 0.00634. The van der Waals surface area contributed by atoms with Crippen molar-refractivity contribution in [2.75, 3.05) is 6.61 Å². The number of hydrogen-bond acceptors (Lipinski definition) is 3. The Kier molecular flexibility index (Phi) is 5.26. The Morgan fingerprint density at radius 1 is 1.57 bits per heavy atom. The second-order valence-electron chi connectivity index (χ2n) is 3.12. The number of aryl methyl sites for hydroxylation is 1. The summed E-state index contributed by atoms with van der Waals surface area (Å²) in [6.07, 6.45) is 2.83. The molecule has 14 heavy (non-hydrogen) atoms. The van der Waals surface area contributed by atoms with E-state index < -0.39 is 0 Å². The van der Waals surface area contributed by atoms with E-state index in [1.807, 2.05) is 11.6 Å². The van der Waals surface area contributed by atoms with Crippen molar-refractivity contribution in [1.82, 2.24) is 9.78 Å². The van der Waals surface area contributed by atoms with Gasteiger partial charge in [0.2, 0.25) is 5.88 Å². The third-order valence-electron chi connectivity index (χ3n) is 2.06. The smallest absolute Gasteiger partial charge is 0.216 e. The molecule has 0 bridgehead atoms. The molecule has 2 rings (SSSR count). The van der Waals surface area contributed by atoms with Crippen molar-refractivity contribution in [2.24, 2.45) is 5.73 Å². The van der Waals surface area contributed by atoms with Crippen molar-refractivity contribution in [2.45, 2.75) is 25.9 Å². The highest BCUT2D eigenvalue weighted by Gasteiger charge is 2.17. The van der Waals surface area contributed by atoms with Crippen LogP contribution in [0.2, 0.25) is 0 Å². The fourth-order valence-electron chi connectivity index (χ4n) is 1.40. The SMILES string of the molecule is C[C@@H](N)c1cnn2c1OCCC2.Cl.Cl. The number of halogens is 2. The van der Waals surface area contributed by atoms with E-state index in [0.29, 0.717) is 0 Å². The van der Waals surface area contributed by atoms with Crippen LogP contribution < -0.4 is 10.5 Å². The van der Waals surface area contributed by atoms with Crippen molar-refractivity contribution in [1.29, 1.82) is 0 Å². The lowest BCUT2D eigenvalue weighted by molar-refractivity contribution is 0.227. The average Bonchev–Trinajstić information content (AvgIpc) is 2.47. The normalized spacial score (nSPS) is 15.6. The van der Waals surface area contributed by atoms with E-state index in [0.717, 1.165) is 31.0 Å². The second kappa shape index (κ2) is 5.44. The summed E-state index contributed by atoms with van der Waals surface area (Å²) in [7, 11) is 0. The zero-order valence-corrected chi connectivity index (χ0v) is 9.61. The van der Waals surface area contributed by atoms with Crippen molar-refractivity contribution in [3.63, 3.8) is 0 Å². The molecule has 1 aliphatic heterocycles. The van der Waals surface area contributed by atoms with Gasteiger partial charge in [0.1, 0.15) is 0 Å². The summed E-state index contributed by atoms with van der Waals surface area (Å²) in [5, 5.41) is 4.19. The molecule has 82 valence electrons. The Bertz CT molecular complexity index is 288. The molecule has 0 fully saturated rings. The lowest BCUT2D eigenvalue weighted by Gasteiger charge is -2.16. The lowest BCUT2D eigenvalue weighted by atomic mass is 10.2. The molecule has 0 spiro atoms. The average molecular weight is 240 g/mol. The summed E-state index contributed by atoms with van der Waals surface area (Å²) >= 11 is 0. The molecule has 1 aliphatic rings. The third kappa shape index (κ3) is 2.32. The van der Waals surface area contributed by atoms with E-state index in [2.05, 4.69) is 5.10 Å². The monoisotopic (exact) mass is 239 g/mol. The predicted molar refractivity (Wildman–Crippen MR) is 59.4 cm³/mol. The van der Waals surface area contributed by atoms with Gasteiger partial charge in [-0.05, 0) is 6.92 Å². The summed E-state index contributed by atoms with van der Waals surface area (Å²) in [5.41, 5.74) is 6.76. The Morgan fingerprint density at radius 3 is 2.93 bits per heavy atom. The second-order valence-corrected chi connectivity index (χ2v) is 3.12. The highest BCUT2D eigenvalue weighted by atomic mass is 35.5. The van der Waals surface area contributed by atoms with Gasteiger partial charge in [0, 0.05) is 19.0 Å². The minimum absolute atomic E-state index is 0. The molecule has 0 radical (unpaired) electrons. The van der Waals surface area contributed by atoms with Crippen LogP contribution in [-0.4, -0.2) is 16.4 Å². The molecule has 2 heterocycles. The first-order valence-corrected chi connectivity index (χ1v) is 4.23. The number of rotatable bonds is 1. The van der Waals surface area contributed by atoms with Gasteiger partial charge >= 0.3 is 0 Å². The molecule has 0 saturated carbocycles. The van der Waals surface area contributed by atoms with Crippen LogP contribution in [0.25, 0.3) is 0 Å². The van der Waals surface area contributed by atoms with Crippen LogP contribution in [0, 0.1) is 0 Å². The molecule has 0 aromatic carbocycles. The van der Waals surface area contributed by atoms with Crippen molar-refractivity contribution >= 4 is 24.8 Å². The van der Waals surface area contributed by atoms with E-state index in [4.69, 9.17) is 10.5 Å². The summed E-state index contributed by atoms with van der Waals surface area (Å²) in [5.74, 6) is 0.858. The van der Waals surface area contributed by atoms with Gasteiger partial charge in [0.15, 0.2) is 0 Å². The van der Waals surface area contributed by atoms with E-state index in [1.54, 1.807) is 6.20 Å². The van der Waals surface area contributed by atoms with Crippen LogP contribution in [0.5, 0.6) is 5.88 Å². The Balaban J connectivity index is 0.000000845. The number of nitrogens with two attached hydrogens (primary N) is 1. The first-order valence-electron chi connectivity index (χ1n) is 4.23. The van der Waals surface area contributed by atoms with Crippen molar-refractivity contribution < 1.29 is 4.74 Å². The highest BCUT2D eigenvalue weighted by Crippen LogP contribution is 2.25. The minimum Gasteiger partial charge on any atom is -0.478 e. The molecule has 1 aromatic heterocycles. The van der Waals surface area contributed by atoms with Crippen molar-refractivity contribution in [3.8, 4) is 5.88 Å². The van der Waals surface area contributed by atoms with Gasteiger partial charge in [-0.1, -0.05) is 0 Å². The molecule has 1 atom stereocenters. The minimum atomic E-state index is 0. The molecule has 0 amide bonds. The number of ether oxygens (including phenoxy) is 1. The van der Waals surface area contributed by atoms with Crippen LogP contribution in [-0.2, 0) is 6.54 Å². The van der Waals surface area contributed by atoms with E-state index in [9.17, 15) is 0 Å². The predicted octanol–water partition coefficient (Wildman–Crippen LogP) is 1.53. The molecule has 2 N–H and O–H groups in total. The van der Waals surface area contributed by atoms with Crippen LogP contribution >= 0.6 is 24.8 Å². The van der Waals surface area contributed by atoms with Gasteiger partial charge < -0.3 is 10.5 Å². The maximum atomic E-state index is 5.75. The van der Waals surface area contributed by atoms with Crippen LogP contribution in [0.15, 0.2) is 6.20 Å². The fraction of sp³-hybridized carbons (Fsp3) is 0.625. The van der Waals surface area contributed by atoms with Gasteiger partial charge in [-0.3, -0.25) is 0 Å². The van der Waals surface area contributed by atoms with E-state index >= 15 is 0 Å². The van der Waals surface area contributed by atoms with Gasteiger partial charge in [-0.25, -0.2) is 4.68 Å². The van der Waals surface area contributed by atoms with Gasteiger partial charge in [-0.15, -0.1) is 24.8 Å². The maximum Gasteiger partial charge on any atom is 0.216 e. The van der Waals surface area contributed by atoms with Gasteiger partial charge in [0.25, 0.3) is 0 Å². The summed E-state index contributed by atoms with van der Waals surface area (Å²) < 4.78 is 7.35. The van der Waals surface area contributed by atoms with Gasteiger partial charge in [-0.2, -0.15) is 5.10 Å². The number of aromatic nitrogens is 2. The maximum absolute atomic E-state index is 5.75. The zero-order chi connectivity index (χ0) is 8.55.